The lowest BCUT2D eigenvalue weighted by atomic mass is 9.92. The van der Waals surface area contributed by atoms with Crippen LogP contribution in [0.4, 0.5) is 9.59 Å². The number of hydrogen-bond donors (Lipinski definition) is 3. The zero-order valence-corrected chi connectivity index (χ0v) is 27.9. The van der Waals surface area contributed by atoms with E-state index in [1.165, 1.54) is 13.0 Å². The van der Waals surface area contributed by atoms with E-state index in [0.717, 1.165) is 7.11 Å². The number of hydrogen-bond acceptors (Lipinski definition) is 13. The number of nitrogens with zero attached hydrogens (tertiary/aromatic N) is 4. The molecule has 0 unspecified atom stereocenters. The van der Waals surface area contributed by atoms with Gasteiger partial charge >= 0.3 is 18.2 Å². The third-order valence-corrected chi connectivity index (χ3v) is 5.87. The summed E-state index contributed by atoms with van der Waals surface area (Å²) in [6.07, 6.45) is -3.70. The lowest BCUT2D eigenvalue weighted by molar-refractivity contribution is -0.178. The third-order valence-electron chi connectivity index (χ3n) is 5.87. The molecular weight excluding hydrogens is 610 g/mol. The topological polar surface area (TPSA) is 230 Å². The number of esters is 1. The highest BCUT2D eigenvalue weighted by atomic mass is 16.8. The SMILES string of the molecule is COC(=O)C1=C[C@H](N=C(NC(=O)OC(C)(C)C)NC(=O)OC(C)(C)C)[C@@H](NC(C)=O)[C@H]([C@H](OCCN=[N+]=[N-])[C@H]2COC(C)(C)O2)O1. The maximum Gasteiger partial charge on any atom is 0.414 e. The van der Waals surface area contributed by atoms with Gasteiger partial charge in [0.1, 0.15) is 23.4 Å². The Hall–Kier alpha value is -4.12. The van der Waals surface area contributed by atoms with Gasteiger partial charge in [0.2, 0.25) is 17.6 Å². The fourth-order valence-electron chi connectivity index (χ4n) is 4.33. The molecule has 2 rings (SSSR count). The Labute approximate surface area is 267 Å². The number of amides is 3. The van der Waals surface area contributed by atoms with Crippen molar-refractivity contribution in [3.63, 3.8) is 0 Å². The fourth-order valence-corrected chi connectivity index (χ4v) is 4.33. The molecule has 5 atom stereocenters. The minimum absolute atomic E-state index is 0.0443. The lowest BCUT2D eigenvalue weighted by Crippen LogP contribution is -2.61. The molecule has 18 heteroatoms. The van der Waals surface area contributed by atoms with Crippen LogP contribution in [-0.4, -0.2) is 104 Å². The van der Waals surface area contributed by atoms with Crippen molar-refractivity contribution in [2.45, 2.75) is 110 Å². The van der Waals surface area contributed by atoms with Gasteiger partial charge in [-0.2, -0.15) is 0 Å². The van der Waals surface area contributed by atoms with E-state index < -0.39 is 77.4 Å². The zero-order chi connectivity index (χ0) is 34.9. The number of carbonyl (C=O) groups is 4. The quantitative estimate of drug-likeness (QED) is 0.0477. The smallest absolute Gasteiger partial charge is 0.414 e. The van der Waals surface area contributed by atoms with Crippen LogP contribution in [0, 0.1) is 0 Å². The van der Waals surface area contributed by atoms with Crippen LogP contribution in [0.1, 0.15) is 62.3 Å². The summed E-state index contributed by atoms with van der Waals surface area (Å²) in [7, 11) is 1.14. The van der Waals surface area contributed by atoms with E-state index in [4.69, 9.17) is 38.7 Å². The number of rotatable bonds is 9. The van der Waals surface area contributed by atoms with Crippen molar-refractivity contribution in [1.82, 2.24) is 16.0 Å². The third kappa shape index (κ3) is 12.7. The molecule has 18 nitrogen and oxygen atoms in total. The molecule has 1 fully saturated rings. The van der Waals surface area contributed by atoms with Gasteiger partial charge in [0.05, 0.1) is 32.4 Å². The first-order chi connectivity index (χ1) is 21.2. The molecule has 3 N–H and O–H groups in total. The van der Waals surface area contributed by atoms with Gasteiger partial charge in [-0.05, 0) is 67.0 Å². The summed E-state index contributed by atoms with van der Waals surface area (Å²) in [5.74, 6) is -3.13. The predicted octanol–water partition coefficient (Wildman–Crippen LogP) is 2.57. The normalized spacial score (nSPS) is 22.9. The van der Waals surface area contributed by atoms with Crippen LogP contribution in [0.5, 0.6) is 0 Å². The van der Waals surface area contributed by atoms with E-state index in [2.05, 4.69) is 31.0 Å². The summed E-state index contributed by atoms with van der Waals surface area (Å²) in [6, 6.07) is -2.30. The number of carbonyl (C=O) groups excluding carboxylic acids is 4. The Morgan fingerprint density at radius 2 is 1.67 bits per heavy atom. The minimum Gasteiger partial charge on any atom is -0.478 e. The molecular formula is C28H45N7O11. The fraction of sp³-hybridized carbons (Fsp3) is 0.750. The van der Waals surface area contributed by atoms with E-state index in [1.807, 2.05) is 0 Å². The highest BCUT2D eigenvalue weighted by molar-refractivity contribution is 6.01. The Kier molecular flexibility index (Phi) is 13.2. The van der Waals surface area contributed by atoms with E-state index >= 15 is 0 Å². The van der Waals surface area contributed by atoms with Crippen LogP contribution < -0.4 is 16.0 Å². The highest BCUT2D eigenvalue weighted by Gasteiger charge is 2.49. The van der Waals surface area contributed by atoms with Crippen LogP contribution in [0.3, 0.4) is 0 Å². The number of aliphatic imine (C=N–C) groups is 1. The van der Waals surface area contributed by atoms with Crippen LogP contribution in [0.25, 0.3) is 10.4 Å². The number of guanidine groups is 1. The Morgan fingerprint density at radius 1 is 1.09 bits per heavy atom. The van der Waals surface area contributed by atoms with Crippen molar-refractivity contribution < 1.29 is 52.3 Å². The van der Waals surface area contributed by atoms with E-state index in [9.17, 15) is 19.2 Å². The van der Waals surface area contributed by atoms with Crippen LogP contribution >= 0.6 is 0 Å². The van der Waals surface area contributed by atoms with Gasteiger partial charge in [0, 0.05) is 18.4 Å². The molecule has 0 bridgehead atoms. The molecule has 2 aliphatic rings. The van der Waals surface area contributed by atoms with E-state index in [-0.39, 0.29) is 25.5 Å². The van der Waals surface area contributed by atoms with Gasteiger partial charge in [0.15, 0.2) is 11.9 Å². The maximum absolute atomic E-state index is 12.8. The average molecular weight is 656 g/mol. The molecule has 1 saturated heterocycles. The van der Waals surface area contributed by atoms with Crippen molar-refractivity contribution >= 4 is 30.0 Å². The van der Waals surface area contributed by atoms with Crippen molar-refractivity contribution in [2.75, 3.05) is 26.9 Å². The molecule has 0 aromatic rings. The molecule has 0 aromatic heterocycles. The van der Waals surface area contributed by atoms with Crippen LogP contribution in [0.15, 0.2) is 21.9 Å². The van der Waals surface area contributed by atoms with Gasteiger partial charge in [-0.25, -0.2) is 19.4 Å². The van der Waals surface area contributed by atoms with E-state index in [0.29, 0.717) is 0 Å². The second-order valence-corrected chi connectivity index (χ2v) is 12.7. The number of nitrogens with one attached hydrogen (secondary N) is 3. The summed E-state index contributed by atoms with van der Waals surface area (Å²) >= 11 is 0. The molecule has 2 aliphatic heterocycles. The number of methoxy groups -OCH3 is 1. The molecule has 0 spiro atoms. The van der Waals surface area contributed by atoms with Gasteiger partial charge < -0.3 is 38.5 Å². The molecule has 46 heavy (non-hydrogen) atoms. The number of alkyl carbamates (subject to hydrolysis) is 2. The predicted molar refractivity (Wildman–Crippen MR) is 161 cm³/mol. The highest BCUT2D eigenvalue weighted by Crippen LogP contribution is 2.32. The Bertz CT molecular complexity index is 1200. The summed E-state index contributed by atoms with van der Waals surface area (Å²) < 4.78 is 39.5. The van der Waals surface area contributed by atoms with Gasteiger partial charge in [-0.3, -0.25) is 15.4 Å². The van der Waals surface area contributed by atoms with Gasteiger partial charge in [-0.15, -0.1) is 0 Å². The van der Waals surface area contributed by atoms with Crippen molar-refractivity contribution in [1.29, 1.82) is 0 Å². The molecule has 0 aromatic carbocycles. The number of azide groups is 1. The molecule has 2 heterocycles. The van der Waals surface area contributed by atoms with Crippen LogP contribution in [0.2, 0.25) is 0 Å². The maximum atomic E-state index is 12.8. The van der Waals surface area contributed by atoms with Crippen molar-refractivity contribution in [3.05, 3.63) is 22.3 Å². The van der Waals surface area contributed by atoms with E-state index in [1.54, 1.807) is 55.4 Å². The molecule has 0 saturated carbocycles. The monoisotopic (exact) mass is 655 g/mol. The molecule has 0 radical (unpaired) electrons. The second-order valence-electron chi connectivity index (χ2n) is 12.7. The Morgan fingerprint density at radius 3 is 2.13 bits per heavy atom. The van der Waals surface area contributed by atoms with Gasteiger partial charge in [-0.1, -0.05) is 5.11 Å². The first kappa shape index (κ1) is 38.1. The lowest BCUT2D eigenvalue weighted by Gasteiger charge is -2.41. The molecule has 0 aliphatic carbocycles. The first-order valence-electron chi connectivity index (χ1n) is 14.5. The number of ether oxygens (including phenoxy) is 7. The average Bonchev–Trinajstić information content (AvgIpc) is 3.25. The first-order valence-corrected chi connectivity index (χ1v) is 14.5. The Balaban J connectivity index is 2.67. The molecule has 258 valence electrons. The van der Waals surface area contributed by atoms with Gasteiger partial charge in [0.25, 0.3) is 0 Å². The second kappa shape index (κ2) is 15.9. The summed E-state index contributed by atoms with van der Waals surface area (Å²) in [4.78, 5) is 58.1. The van der Waals surface area contributed by atoms with Crippen molar-refractivity contribution in [3.8, 4) is 0 Å². The standard InChI is InChI=1S/C28H45N7O11/c1-15(36)31-19-16(32-23(33-24(38)45-26(2,3)4)34-25(39)46-27(5,6)7)13-17(22(37)40-10)43-21(19)20(41-12-11-30-35-29)18-14-42-28(8,9)44-18/h13,16,18-21H,11-12,14H2,1-10H3,(H,31,36)(H2,32,33,34,38,39)/t16-,18+,19+,20+,21+/m0/s1. The zero-order valence-electron chi connectivity index (χ0n) is 27.9. The largest absolute Gasteiger partial charge is 0.478 e. The summed E-state index contributed by atoms with van der Waals surface area (Å²) in [5.41, 5.74) is 6.92. The van der Waals surface area contributed by atoms with Crippen molar-refractivity contribution in [2.24, 2.45) is 10.1 Å². The summed E-state index contributed by atoms with van der Waals surface area (Å²) in [6.45, 7) is 14.4. The van der Waals surface area contributed by atoms with Crippen LogP contribution in [-0.2, 0) is 42.7 Å². The minimum atomic E-state index is -1.20. The summed E-state index contributed by atoms with van der Waals surface area (Å²) in [5, 5.41) is 11.0. The molecule has 3 amide bonds.